The first-order chi connectivity index (χ1) is 15.5. The van der Waals surface area contributed by atoms with Crippen molar-refractivity contribution in [1.29, 1.82) is 5.26 Å². The van der Waals surface area contributed by atoms with Gasteiger partial charge in [-0.2, -0.15) is 10.4 Å². The minimum absolute atomic E-state index is 0.0641. The van der Waals surface area contributed by atoms with Crippen LogP contribution in [0, 0.1) is 11.3 Å². The summed E-state index contributed by atoms with van der Waals surface area (Å²) < 4.78 is 1.44. The van der Waals surface area contributed by atoms with Crippen LogP contribution in [0.2, 0.25) is 5.02 Å². The van der Waals surface area contributed by atoms with Gasteiger partial charge < -0.3 is 11.1 Å². The highest BCUT2D eigenvalue weighted by atomic mass is 35.5. The summed E-state index contributed by atoms with van der Waals surface area (Å²) in [6.45, 7) is 1.81. The van der Waals surface area contributed by atoms with E-state index < -0.39 is 6.04 Å². The molecule has 5 rings (SSSR count). The fraction of sp³-hybridized carbons (Fsp3) is 0.238. The number of aromatic nitrogens is 6. The van der Waals surface area contributed by atoms with Crippen LogP contribution in [0.5, 0.6) is 0 Å². The number of nitrogens with zero attached hydrogens (tertiary/aromatic N) is 6. The molecule has 3 aromatic heterocycles. The zero-order valence-corrected chi connectivity index (χ0v) is 17.8. The molecule has 10 nitrogen and oxygen atoms in total. The smallest absolute Gasteiger partial charge is 0.268 e. The quantitative estimate of drug-likeness (QED) is 0.422. The van der Waals surface area contributed by atoms with E-state index in [9.17, 15) is 10.1 Å². The molecule has 1 aliphatic carbocycles. The molecule has 1 aliphatic rings. The minimum atomic E-state index is -0.534. The molecule has 1 fully saturated rings. The summed E-state index contributed by atoms with van der Waals surface area (Å²) in [5.41, 5.74) is 7.03. The van der Waals surface area contributed by atoms with Crippen molar-refractivity contribution in [2.45, 2.75) is 31.7 Å². The van der Waals surface area contributed by atoms with Gasteiger partial charge in [0.05, 0.1) is 22.0 Å². The van der Waals surface area contributed by atoms with Crippen molar-refractivity contribution in [3.63, 3.8) is 0 Å². The van der Waals surface area contributed by atoms with Gasteiger partial charge >= 0.3 is 0 Å². The minimum Gasteiger partial charge on any atom is -0.382 e. The molecule has 4 aromatic rings. The van der Waals surface area contributed by atoms with Crippen molar-refractivity contribution in [2.24, 2.45) is 0 Å². The van der Waals surface area contributed by atoms with Gasteiger partial charge in [-0.3, -0.25) is 9.89 Å². The summed E-state index contributed by atoms with van der Waals surface area (Å²) in [6.07, 6.45) is 3.45. The van der Waals surface area contributed by atoms with Gasteiger partial charge in [-0.05, 0) is 31.9 Å². The lowest BCUT2D eigenvalue weighted by atomic mass is 10.2. The van der Waals surface area contributed by atoms with Crippen molar-refractivity contribution in [2.75, 3.05) is 11.1 Å². The summed E-state index contributed by atoms with van der Waals surface area (Å²) in [5, 5.41) is 20.6. The average molecular weight is 448 g/mol. The molecule has 0 amide bonds. The highest BCUT2D eigenvalue weighted by molar-refractivity contribution is 6.35. The fourth-order valence-corrected chi connectivity index (χ4v) is 3.90. The second kappa shape index (κ2) is 7.62. The Labute approximate surface area is 187 Å². The molecular formula is C21H18ClN9O. The number of halogens is 1. The number of hydrogen-bond acceptors (Lipinski definition) is 8. The molecule has 1 atom stereocenters. The number of nitrogens with two attached hydrogens (primary N) is 1. The third-order valence-corrected chi connectivity index (χ3v) is 5.75. The standard InChI is InChI=1S/C21H18ClN9O/c1-10(27-19-12(8-23)18(24)25-9-26-19)20-28-14-4-2-3-13(22)17(14)21(32)31(20)16-7-15(29-30-16)11-5-6-11/h2-4,7,9-11H,5-6H2,1H3,(H,29,30)(H3,24,25,26,27). The van der Waals surface area contributed by atoms with E-state index in [1.807, 2.05) is 19.1 Å². The van der Waals surface area contributed by atoms with Crippen molar-refractivity contribution in [3.05, 3.63) is 63.1 Å². The molecule has 0 radical (unpaired) electrons. The van der Waals surface area contributed by atoms with Crippen LogP contribution in [0.4, 0.5) is 11.6 Å². The second-order valence-electron chi connectivity index (χ2n) is 7.66. The van der Waals surface area contributed by atoms with Gasteiger partial charge in [0.1, 0.15) is 35.4 Å². The topological polar surface area (TPSA) is 151 Å². The van der Waals surface area contributed by atoms with E-state index in [0.29, 0.717) is 33.5 Å². The van der Waals surface area contributed by atoms with E-state index >= 15 is 0 Å². The SMILES string of the molecule is CC(Nc1ncnc(N)c1C#N)c1nc2cccc(Cl)c2c(=O)n1-c1cc(C2CC2)[nH]n1. The summed E-state index contributed by atoms with van der Waals surface area (Å²) in [6, 6.07) is 8.45. The highest BCUT2D eigenvalue weighted by Crippen LogP contribution is 2.39. The Bertz CT molecular complexity index is 1450. The summed E-state index contributed by atoms with van der Waals surface area (Å²) >= 11 is 6.34. The molecule has 3 heterocycles. The highest BCUT2D eigenvalue weighted by Gasteiger charge is 2.27. The van der Waals surface area contributed by atoms with Crippen LogP contribution in [0.15, 0.2) is 35.4 Å². The molecule has 0 saturated heterocycles. The third-order valence-electron chi connectivity index (χ3n) is 5.43. The molecule has 32 heavy (non-hydrogen) atoms. The summed E-state index contributed by atoms with van der Waals surface area (Å²) in [4.78, 5) is 26.3. The third kappa shape index (κ3) is 3.33. The fourth-order valence-electron chi connectivity index (χ4n) is 3.65. The molecule has 11 heteroatoms. The molecule has 4 N–H and O–H groups in total. The summed E-state index contributed by atoms with van der Waals surface area (Å²) in [7, 11) is 0. The van der Waals surface area contributed by atoms with Crippen molar-refractivity contribution < 1.29 is 0 Å². The molecular weight excluding hydrogens is 430 g/mol. The number of anilines is 2. The maximum atomic E-state index is 13.6. The lowest BCUT2D eigenvalue weighted by Crippen LogP contribution is -2.28. The number of H-pyrrole nitrogens is 1. The number of benzene rings is 1. The zero-order valence-electron chi connectivity index (χ0n) is 17.0. The molecule has 1 unspecified atom stereocenters. The number of hydrogen-bond donors (Lipinski definition) is 3. The van der Waals surface area contributed by atoms with E-state index in [-0.39, 0.29) is 22.8 Å². The van der Waals surface area contributed by atoms with Crippen LogP contribution in [0.3, 0.4) is 0 Å². The zero-order chi connectivity index (χ0) is 22.4. The van der Waals surface area contributed by atoms with Crippen LogP contribution in [0.1, 0.15) is 48.8 Å². The molecule has 1 saturated carbocycles. The second-order valence-corrected chi connectivity index (χ2v) is 8.07. The first-order valence-electron chi connectivity index (χ1n) is 10.0. The Morgan fingerprint density at radius 1 is 1.38 bits per heavy atom. The van der Waals surface area contributed by atoms with Crippen LogP contribution in [-0.2, 0) is 0 Å². The van der Waals surface area contributed by atoms with E-state index in [2.05, 4.69) is 25.5 Å². The Balaban J connectivity index is 1.68. The molecule has 160 valence electrons. The largest absolute Gasteiger partial charge is 0.382 e. The first-order valence-corrected chi connectivity index (χ1v) is 10.4. The van der Waals surface area contributed by atoms with Crippen LogP contribution < -0.4 is 16.6 Å². The molecule has 0 bridgehead atoms. The van der Waals surface area contributed by atoms with Crippen LogP contribution >= 0.6 is 11.6 Å². The van der Waals surface area contributed by atoms with Gasteiger partial charge in [0, 0.05) is 17.7 Å². The van der Waals surface area contributed by atoms with Gasteiger partial charge in [-0.15, -0.1) is 0 Å². The van der Waals surface area contributed by atoms with Crippen LogP contribution in [-0.4, -0.2) is 29.7 Å². The molecule has 0 spiro atoms. The summed E-state index contributed by atoms with van der Waals surface area (Å²) in [5.74, 6) is 1.57. The van der Waals surface area contributed by atoms with E-state index in [1.165, 1.54) is 10.9 Å². The van der Waals surface area contributed by atoms with Gasteiger partial charge in [-0.1, -0.05) is 17.7 Å². The van der Waals surface area contributed by atoms with Gasteiger partial charge in [0.2, 0.25) is 0 Å². The molecule has 0 aliphatic heterocycles. The van der Waals surface area contributed by atoms with Crippen molar-refractivity contribution in [3.8, 4) is 11.9 Å². The Kier molecular flexibility index (Phi) is 4.75. The van der Waals surface area contributed by atoms with Gasteiger partial charge in [0.15, 0.2) is 5.82 Å². The van der Waals surface area contributed by atoms with Gasteiger partial charge in [0.25, 0.3) is 5.56 Å². The monoisotopic (exact) mass is 447 g/mol. The van der Waals surface area contributed by atoms with E-state index in [0.717, 1.165) is 18.5 Å². The number of nitriles is 1. The Morgan fingerprint density at radius 2 is 2.19 bits per heavy atom. The number of fused-ring (bicyclic) bond motifs is 1. The predicted molar refractivity (Wildman–Crippen MR) is 120 cm³/mol. The Morgan fingerprint density at radius 3 is 2.94 bits per heavy atom. The van der Waals surface area contributed by atoms with Gasteiger partial charge in [-0.25, -0.2) is 19.5 Å². The lowest BCUT2D eigenvalue weighted by molar-refractivity contribution is 0.719. The number of nitrogens with one attached hydrogen (secondary N) is 2. The normalized spacial score (nSPS) is 14.3. The predicted octanol–water partition coefficient (Wildman–Crippen LogP) is 3.06. The average Bonchev–Trinajstić information content (AvgIpc) is 3.51. The van der Waals surface area contributed by atoms with Crippen molar-refractivity contribution in [1.82, 2.24) is 29.7 Å². The first kappa shape index (κ1) is 20.0. The number of aromatic amines is 1. The number of nitrogen functional groups attached to an aromatic ring is 1. The van der Waals surface area contributed by atoms with E-state index in [4.69, 9.17) is 22.3 Å². The Hall–Kier alpha value is -3.97. The maximum Gasteiger partial charge on any atom is 0.268 e. The van der Waals surface area contributed by atoms with Crippen molar-refractivity contribution >= 4 is 34.1 Å². The maximum absolute atomic E-state index is 13.6. The van der Waals surface area contributed by atoms with E-state index in [1.54, 1.807) is 18.2 Å². The molecule has 1 aromatic carbocycles. The number of rotatable bonds is 5. The lowest BCUT2D eigenvalue weighted by Gasteiger charge is -2.19. The van der Waals surface area contributed by atoms with Crippen LogP contribution in [0.25, 0.3) is 16.7 Å².